The first-order valence-electron chi connectivity index (χ1n) is 9.36. The number of anilines is 1. The molecule has 2 aliphatic rings. The van der Waals surface area contributed by atoms with E-state index >= 15 is 0 Å². The smallest absolute Gasteiger partial charge is 0.0929 e. The minimum atomic E-state index is 0.814. The first kappa shape index (κ1) is 16.5. The van der Waals surface area contributed by atoms with Crippen LogP contribution in [0.1, 0.15) is 25.0 Å². The van der Waals surface area contributed by atoms with Crippen molar-refractivity contribution in [2.45, 2.75) is 25.8 Å². The summed E-state index contributed by atoms with van der Waals surface area (Å²) in [7, 11) is 0. The minimum Gasteiger partial charge on any atom is -0.380 e. The third-order valence-electron chi connectivity index (χ3n) is 5.05. The lowest BCUT2D eigenvalue weighted by Gasteiger charge is -2.18. The summed E-state index contributed by atoms with van der Waals surface area (Å²) >= 11 is 0. The molecule has 2 aromatic rings. The molecular formula is C20H26N4O. The molecule has 0 saturated carbocycles. The Kier molecular flexibility index (Phi) is 5.23. The van der Waals surface area contributed by atoms with Crippen molar-refractivity contribution in [1.82, 2.24) is 15.1 Å². The Morgan fingerprint density at radius 1 is 0.800 bits per heavy atom. The van der Waals surface area contributed by atoms with Gasteiger partial charge in [0.05, 0.1) is 18.0 Å². The van der Waals surface area contributed by atoms with E-state index in [1.54, 1.807) is 0 Å². The highest BCUT2D eigenvalue weighted by Crippen LogP contribution is 2.24. The molecule has 0 amide bonds. The van der Waals surface area contributed by atoms with E-state index in [1.807, 2.05) is 0 Å². The van der Waals surface area contributed by atoms with Crippen LogP contribution in [-0.2, 0) is 11.3 Å². The molecule has 5 nitrogen and oxygen atoms in total. The van der Waals surface area contributed by atoms with Gasteiger partial charge in [0.1, 0.15) is 0 Å². The molecule has 25 heavy (non-hydrogen) atoms. The molecule has 1 aromatic carbocycles. The van der Waals surface area contributed by atoms with Gasteiger partial charge in [0.2, 0.25) is 0 Å². The molecule has 0 spiro atoms. The predicted octanol–water partition coefficient (Wildman–Crippen LogP) is 2.97. The van der Waals surface area contributed by atoms with E-state index < -0.39 is 0 Å². The van der Waals surface area contributed by atoms with Gasteiger partial charge in [-0.05, 0) is 43.5 Å². The SMILES string of the molecule is c1cc(N2CCCC2)ccc1-c1ccc(CN2CCCOCC2)nn1. The summed E-state index contributed by atoms with van der Waals surface area (Å²) in [5, 5.41) is 8.88. The molecular weight excluding hydrogens is 312 g/mol. The monoisotopic (exact) mass is 338 g/mol. The summed E-state index contributed by atoms with van der Waals surface area (Å²) in [6.07, 6.45) is 3.70. The largest absolute Gasteiger partial charge is 0.380 e. The molecule has 0 N–H and O–H groups in total. The van der Waals surface area contributed by atoms with Crippen LogP contribution in [-0.4, -0.2) is 54.5 Å². The van der Waals surface area contributed by atoms with Crippen LogP contribution in [0.3, 0.4) is 0 Å². The van der Waals surface area contributed by atoms with Gasteiger partial charge in [0.25, 0.3) is 0 Å². The van der Waals surface area contributed by atoms with Gasteiger partial charge in [-0.15, -0.1) is 0 Å². The molecule has 0 unspecified atom stereocenters. The van der Waals surface area contributed by atoms with E-state index in [1.165, 1.54) is 31.6 Å². The third kappa shape index (κ3) is 4.17. The average molecular weight is 338 g/mol. The molecule has 2 aliphatic heterocycles. The number of rotatable bonds is 4. The molecule has 4 rings (SSSR count). The van der Waals surface area contributed by atoms with Crippen LogP contribution in [0.5, 0.6) is 0 Å². The Labute approximate surface area is 149 Å². The molecule has 132 valence electrons. The zero-order valence-electron chi connectivity index (χ0n) is 14.7. The van der Waals surface area contributed by atoms with Gasteiger partial charge < -0.3 is 9.64 Å². The number of benzene rings is 1. The van der Waals surface area contributed by atoms with Crippen LogP contribution in [0.25, 0.3) is 11.3 Å². The van der Waals surface area contributed by atoms with Crippen molar-refractivity contribution in [3.8, 4) is 11.3 Å². The highest BCUT2D eigenvalue weighted by atomic mass is 16.5. The van der Waals surface area contributed by atoms with Crippen molar-refractivity contribution >= 4 is 5.69 Å². The summed E-state index contributed by atoms with van der Waals surface area (Å²) in [4.78, 5) is 4.84. The molecule has 2 fully saturated rings. The summed E-state index contributed by atoms with van der Waals surface area (Å²) in [5.41, 5.74) is 4.41. The highest BCUT2D eigenvalue weighted by Gasteiger charge is 2.13. The Hall–Kier alpha value is -1.98. The lowest BCUT2D eigenvalue weighted by molar-refractivity contribution is 0.140. The normalized spacial score (nSPS) is 19.1. The standard InChI is InChI=1S/C20H26N4O/c1-2-12-24(11-1)19-7-4-17(5-8-19)20-9-6-18(21-22-20)16-23-10-3-14-25-15-13-23/h4-9H,1-3,10-16H2. The van der Waals surface area contributed by atoms with Gasteiger partial charge in [-0.3, -0.25) is 4.90 Å². The van der Waals surface area contributed by atoms with E-state index in [-0.39, 0.29) is 0 Å². The van der Waals surface area contributed by atoms with Crippen molar-refractivity contribution in [2.75, 3.05) is 44.3 Å². The predicted molar refractivity (Wildman–Crippen MR) is 99.6 cm³/mol. The van der Waals surface area contributed by atoms with E-state index in [0.717, 1.165) is 56.2 Å². The minimum absolute atomic E-state index is 0.814. The van der Waals surface area contributed by atoms with E-state index in [2.05, 4.69) is 56.4 Å². The first-order valence-corrected chi connectivity index (χ1v) is 9.36. The fraction of sp³-hybridized carbons (Fsp3) is 0.500. The lowest BCUT2D eigenvalue weighted by atomic mass is 10.1. The van der Waals surface area contributed by atoms with E-state index in [9.17, 15) is 0 Å². The van der Waals surface area contributed by atoms with Gasteiger partial charge in [0, 0.05) is 50.6 Å². The zero-order chi connectivity index (χ0) is 16.9. The first-order chi connectivity index (χ1) is 12.4. The number of nitrogens with zero attached hydrogens (tertiary/aromatic N) is 4. The van der Waals surface area contributed by atoms with Crippen LogP contribution in [0.4, 0.5) is 5.69 Å². The third-order valence-corrected chi connectivity index (χ3v) is 5.05. The second-order valence-corrected chi connectivity index (χ2v) is 6.89. The van der Waals surface area contributed by atoms with E-state index in [4.69, 9.17) is 4.74 Å². The number of ether oxygens (including phenoxy) is 1. The fourth-order valence-electron chi connectivity index (χ4n) is 3.60. The average Bonchev–Trinajstić information content (AvgIpc) is 3.08. The van der Waals surface area contributed by atoms with Crippen molar-refractivity contribution < 1.29 is 4.74 Å². The summed E-state index contributed by atoms with van der Waals surface area (Å²) in [5.74, 6) is 0. The van der Waals surface area contributed by atoms with Crippen LogP contribution >= 0.6 is 0 Å². The van der Waals surface area contributed by atoms with Crippen molar-refractivity contribution in [1.29, 1.82) is 0 Å². The summed E-state index contributed by atoms with van der Waals surface area (Å²) in [6, 6.07) is 12.9. The zero-order valence-corrected chi connectivity index (χ0v) is 14.7. The topological polar surface area (TPSA) is 41.5 Å². The summed E-state index contributed by atoms with van der Waals surface area (Å²) in [6.45, 7) is 6.93. The number of aromatic nitrogens is 2. The van der Waals surface area contributed by atoms with Crippen LogP contribution in [0.2, 0.25) is 0 Å². The Balaban J connectivity index is 1.40. The molecule has 0 radical (unpaired) electrons. The van der Waals surface area contributed by atoms with Crippen LogP contribution in [0, 0.1) is 0 Å². The Morgan fingerprint density at radius 2 is 1.64 bits per heavy atom. The van der Waals surface area contributed by atoms with Crippen molar-refractivity contribution in [3.63, 3.8) is 0 Å². The Bertz CT molecular complexity index is 657. The maximum Gasteiger partial charge on any atom is 0.0929 e. The molecule has 5 heteroatoms. The van der Waals surface area contributed by atoms with Gasteiger partial charge in [0.15, 0.2) is 0 Å². The van der Waals surface area contributed by atoms with Gasteiger partial charge in [-0.25, -0.2) is 0 Å². The van der Waals surface area contributed by atoms with Crippen LogP contribution in [0.15, 0.2) is 36.4 Å². The second-order valence-electron chi connectivity index (χ2n) is 6.89. The summed E-state index contributed by atoms with van der Waals surface area (Å²) < 4.78 is 5.50. The molecule has 1 aromatic heterocycles. The molecule has 0 atom stereocenters. The van der Waals surface area contributed by atoms with Crippen LogP contribution < -0.4 is 4.90 Å². The highest BCUT2D eigenvalue weighted by molar-refractivity contribution is 5.62. The fourth-order valence-corrected chi connectivity index (χ4v) is 3.60. The lowest BCUT2D eigenvalue weighted by Crippen LogP contribution is -2.26. The quantitative estimate of drug-likeness (QED) is 0.857. The van der Waals surface area contributed by atoms with E-state index in [0.29, 0.717) is 0 Å². The molecule has 2 saturated heterocycles. The van der Waals surface area contributed by atoms with Crippen molar-refractivity contribution in [3.05, 3.63) is 42.1 Å². The molecule has 0 aliphatic carbocycles. The van der Waals surface area contributed by atoms with Gasteiger partial charge >= 0.3 is 0 Å². The molecule has 3 heterocycles. The van der Waals surface area contributed by atoms with Gasteiger partial charge in [-0.2, -0.15) is 10.2 Å². The second kappa shape index (κ2) is 7.93. The Morgan fingerprint density at radius 3 is 2.40 bits per heavy atom. The molecule has 0 bridgehead atoms. The maximum absolute atomic E-state index is 5.50. The van der Waals surface area contributed by atoms with Crippen molar-refractivity contribution in [2.24, 2.45) is 0 Å². The number of hydrogen-bond donors (Lipinski definition) is 0. The number of hydrogen-bond acceptors (Lipinski definition) is 5. The maximum atomic E-state index is 5.50. The van der Waals surface area contributed by atoms with Gasteiger partial charge in [-0.1, -0.05) is 12.1 Å².